The third-order valence-corrected chi connectivity index (χ3v) is 3.15. The summed E-state index contributed by atoms with van der Waals surface area (Å²) in [6.45, 7) is 4.04. The first-order chi connectivity index (χ1) is 7.61. The van der Waals surface area contributed by atoms with Gasteiger partial charge in [-0.2, -0.15) is 0 Å². The molecule has 0 aliphatic rings. The second-order valence-corrected chi connectivity index (χ2v) is 4.35. The number of aliphatic hydroxyl groups excluding tert-OH is 1. The lowest BCUT2D eigenvalue weighted by Gasteiger charge is -2.17. The molecule has 2 nitrogen and oxygen atoms in total. The molecule has 0 heterocycles. The zero-order valence-corrected chi connectivity index (χ0v) is 10.8. The number of aryl methyl sites for hydroxylation is 1. The molecule has 0 saturated heterocycles. The van der Waals surface area contributed by atoms with Crippen LogP contribution in [0.4, 0.5) is 0 Å². The highest BCUT2D eigenvalue weighted by Gasteiger charge is 2.15. The molecule has 1 aromatic carbocycles. The summed E-state index contributed by atoms with van der Waals surface area (Å²) in [6.07, 6.45) is 0.981. The van der Waals surface area contributed by atoms with E-state index in [-0.39, 0.29) is 0 Å². The minimum absolute atomic E-state index is 0.493. The van der Waals surface area contributed by atoms with Gasteiger partial charge in [0.15, 0.2) is 0 Å². The zero-order chi connectivity index (χ0) is 12.1. The van der Waals surface area contributed by atoms with Crippen LogP contribution in [0.25, 0.3) is 0 Å². The van der Waals surface area contributed by atoms with Crippen LogP contribution in [0.2, 0.25) is 0 Å². The van der Waals surface area contributed by atoms with Gasteiger partial charge in [-0.1, -0.05) is 12.1 Å². The Labute approximate surface area is 102 Å². The van der Waals surface area contributed by atoms with Crippen molar-refractivity contribution in [1.82, 2.24) is 0 Å². The number of hydrogen-bond acceptors (Lipinski definition) is 2. The van der Waals surface area contributed by atoms with Crippen LogP contribution in [-0.4, -0.2) is 18.1 Å². The largest absolute Gasteiger partial charge is 0.496 e. The fourth-order valence-electron chi connectivity index (χ4n) is 1.77. The van der Waals surface area contributed by atoms with Gasteiger partial charge in [-0.05, 0) is 37.8 Å². The van der Waals surface area contributed by atoms with Crippen molar-refractivity contribution in [3.8, 4) is 5.75 Å². The van der Waals surface area contributed by atoms with E-state index in [4.69, 9.17) is 16.3 Å². The minimum atomic E-state index is -0.493. The van der Waals surface area contributed by atoms with Crippen LogP contribution in [0.3, 0.4) is 0 Å². The van der Waals surface area contributed by atoms with Gasteiger partial charge in [-0.15, -0.1) is 11.6 Å². The molecule has 0 radical (unpaired) electrons. The number of aliphatic hydroxyl groups is 1. The van der Waals surface area contributed by atoms with Crippen molar-refractivity contribution < 1.29 is 9.84 Å². The predicted octanol–water partition coefficient (Wildman–Crippen LogP) is 3.36. The van der Waals surface area contributed by atoms with Crippen molar-refractivity contribution in [3.63, 3.8) is 0 Å². The Bertz CT molecular complexity index is 350. The quantitative estimate of drug-likeness (QED) is 0.803. The van der Waals surface area contributed by atoms with Crippen molar-refractivity contribution in [3.05, 3.63) is 28.8 Å². The van der Waals surface area contributed by atoms with E-state index in [0.29, 0.717) is 12.3 Å². The third kappa shape index (κ3) is 2.89. The SMILES string of the molecule is COc1c(C(O)CCCCl)ccc(C)c1C. The first kappa shape index (κ1) is 13.3. The lowest BCUT2D eigenvalue weighted by atomic mass is 9.98. The van der Waals surface area contributed by atoms with Crippen molar-refractivity contribution in [2.24, 2.45) is 0 Å². The van der Waals surface area contributed by atoms with Crippen LogP contribution in [0.15, 0.2) is 12.1 Å². The van der Waals surface area contributed by atoms with Crippen LogP contribution >= 0.6 is 11.6 Å². The number of methoxy groups -OCH3 is 1. The molecule has 1 N–H and O–H groups in total. The number of halogens is 1. The van der Waals surface area contributed by atoms with Gasteiger partial charge in [-0.3, -0.25) is 0 Å². The van der Waals surface area contributed by atoms with Crippen molar-refractivity contribution in [2.45, 2.75) is 32.8 Å². The second-order valence-electron chi connectivity index (χ2n) is 3.98. The highest BCUT2D eigenvalue weighted by Crippen LogP contribution is 2.32. The number of hydrogen-bond donors (Lipinski definition) is 1. The molecule has 1 rings (SSSR count). The summed E-state index contributed by atoms with van der Waals surface area (Å²) in [4.78, 5) is 0. The van der Waals surface area contributed by atoms with Crippen LogP contribution < -0.4 is 4.74 Å². The maximum atomic E-state index is 10.0. The predicted molar refractivity (Wildman–Crippen MR) is 67.4 cm³/mol. The van der Waals surface area contributed by atoms with E-state index in [9.17, 15) is 5.11 Å². The summed E-state index contributed by atoms with van der Waals surface area (Å²) in [5, 5.41) is 10.0. The van der Waals surface area contributed by atoms with Gasteiger partial charge in [0.05, 0.1) is 13.2 Å². The van der Waals surface area contributed by atoms with Gasteiger partial charge < -0.3 is 9.84 Å². The van der Waals surface area contributed by atoms with E-state index >= 15 is 0 Å². The lowest BCUT2D eigenvalue weighted by Crippen LogP contribution is -2.03. The van der Waals surface area contributed by atoms with Gasteiger partial charge in [0.25, 0.3) is 0 Å². The van der Waals surface area contributed by atoms with E-state index in [1.165, 1.54) is 5.56 Å². The molecular weight excluding hydrogens is 224 g/mol. The van der Waals surface area contributed by atoms with Crippen LogP contribution in [0.5, 0.6) is 5.75 Å². The molecule has 0 fully saturated rings. The number of ether oxygens (including phenoxy) is 1. The fourth-order valence-corrected chi connectivity index (χ4v) is 1.92. The minimum Gasteiger partial charge on any atom is -0.496 e. The highest BCUT2D eigenvalue weighted by atomic mass is 35.5. The molecule has 0 aliphatic carbocycles. The van der Waals surface area contributed by atoms with Crippen LogP contribution in [-0.2, 0) is 0 Å². The van der Waals surface area contributed by atoms with Crippen molar-refractivity contribution in [2.75, 3.05) is 13.0 Å². The molecule has 0 amide bonds. The van der Waals surface area contributed by atoms with E-state index in [1.807, 2.05) is 26.0 Å². The summed E-state index contributed by atoms with van der Waals surface area (Å²) in [7, 11) is 1.64. The Balaban J connectivity index is 2.99. The lowest BCUT2D eigenvalue weighted by molar-refractivity contribution is 0.162. The van der Waals surface area contributed by atoms with E-state index in [0.717, 1.165) is 23.3 Å². The average molecular weight is 243 g/mol. The molecule has 0 aliphatic heterocycles. The first-order valence-electron chi connectivity index (χ1n) is 5.50. The van der Waals surface area contributed by atoms with Gasteiger partial charge >= 0.3 is 0 Å². The molecule has 1 atom stereocenters. The molecule has 0 saturated carbocycles. The van der Waals surface area contributed by atoms with Gasteiger partial charge in [0.1, 0.15) is 5.75 Å². The zero-order valence-electron chi connectivity index (χ0n) is 10.1. The van der Waals surface area contributed by atoms with Gasteiger partial charge in [0, 0.05) is 11.4 Å². The smallest absolute Gasteiger partial charge is 0.127 e. The van der Waals surface area contributed by atoms with Crippen LogP contribution in [0, 0.1) is 13.8 Å². The maximum absolute atomic E-state index is 10.0. The number of rotatable bonds is 5. The molecule has 3 heteroatoms. The highest BCUT2D eigenvalue weighted by molar-refractivity contribution is 6.17. The second kappa shape index (κ2) is 6.12. The Morgan fingerprint density at radius 3 is 2.62 bits per heavy atom. The third-order valence-electron chi connectivity index (χ3n) is 2.88. The standard InChI is InChI=1S/C13H19ClO2/c1-9-6-7-11(12(15)5-4-8-14)13(16-3)10(9)2/h6-7,12,15H,4-5,8H2,1-3H3. The molecule has 0 spiro atoms. The normalized spacial score (nSPS) is 12.6. The molecule has 0 bridgehead atoms. The topological polar surface area (TPSA) is 29.5 Å². The molecule has 1 aromatic rings. The van der Waals surface area contributed by atoms with Gasteiger partial charge in [-0.25, -0.2) is 0 Å². The fraction of sp³-hybridized carbons (Fsp3) is 0.538. The summed E-state index contributed by atoms with van der Waals surface area (Å²) < 4.78 is 5.37. The van der Waals surface area contributed by atoms with Crippen molar-refractivity contribution >= 4 is 11.6 Å². The summed E-state index contributed by atoms with van der Waals surface area (Å²) >= 11 is 5.62. The van der Waals surface area contributed by atoms with Gasteiger partial charge in [0.2, 0.25) is 0 Å². The Hall–Kier alpha value is -0.730. The Morgan fingerprint density at radius 1 is 1.38 bits per heavy atom. The summed E-state index contributed by atoms with van der Waals surface area (Å²) in [5.41, 5.74) is 3.12. The molecule has 16 heavy (non-hydrogen) atoms. The van der Waals surface area contributed by atoms with Crippen molar-refractivity contribution in [1.29, 1.82) is 0 Å². The molecule has 0 aromatic heterocycles. The van der Waals surface area contributed by atoms with Crippen LogP contribution in [0.1, 0.15) is 35.6 Å². The Morgan fingerprint density at radius 2 is 2.06 bits per heavy atom. The molecule has 1 unspecified atom stereocenters. The number of benzene rings is 1. The average Bonchev–Trinajstić information content (AvgIpc) is 2.29. The van der Waals surface area contributed by atoms with E-state index < -0.39 is 6.10 Å². The van der Waals surface area contributed by atoms with E-state index in [1.54, 1.807) is 7.11 Å². The summed E-state index contributed by atoms with van der Waals surface area (Å²) in [5.74, 6) is 1.37. The van der Waals surface area contributed by atoms with E-state index in [2.05, 4.69) is 0 Å². The first-order valence-corrected chi connectivity index (χ1v) is 6.03. The number of alkyl halides is 1. The summed E-state index contributed by atoms with van der Waals surface area (Å²) in [6, 6.07) is 3.94. The Kier molecular flexibility index (Phi) is 5.10. The maximum Gasteiger partial charge on any atom is 0.127 e. The molecule has 90 valence electrons. The monoisotopic (exact) mass is 242 g/mol. The molecular formula is C13H19ClO2.